The summed E-state index contributed by atoms with van der Waals surface area (Å²) in [6.45, 7) is 1.52. The molecule has 1 aliphatic heterocycles. The van der Waals surface area contributed by atoms with Gasteiger partial charge in [-0.2, -0.15) is 0 Å². The highest BCUT2D eigenvalue weighted by Crippen LogP contribution is 2.27. The van der Waals surface area contributed by atoms with Crippen LogP contribution in [0.25, 0.3) is 0 Å². The van der Waals surface area contributed by atoms with Crippen molar-refractivity contribution in [2.24, 2.45) is 11.7 Å². The number of rotatable bonds is 1. The van der Waals surface area contributed by atoms with E-state index in [1.807, 2.05) is 17.2 Å². The first-order valence-corrected chi connectivity index (χ1v) is 7.21. The summed E-state index contributed by atoms with van der Waals surface area (Å²) in [6.07, 6.45) is 6.72. The average Bonchev–Trinajstić information content (AvgIpc) is 2.46. The van der Waals surface area contributed by atoms with E-state index in [0.29, 0.717) is 12.5 Å². The van der Waals surface area contributed by atoms with E-state index in [0.717, 1.165) is 44.3 Å². The Kier molecular flexibility index (Phi) is 3.51. The van der Waals surface area contributed by atoms with Crippen LogP contribution in [0, 0.1) is 5.92 Å². The number of carbonyl (C=O) groups is 1. The molecule has 1 amide bonds. The highest BCUT2D eigenvalue weighted by Gasteiger charge is 2.30. The Morgan fingerprint density at radius 1 is 1.42 bits per heavy atom. The Balaban J connectivity index is 1.69. The molecular weight excluding hydrogens is 238 g/mol. The molecule has 0 radical (unpaired) electrons. The van der Waals surface area contributed by atoms with Crippen LogP contribution in [0.4, 0.5) is 0 Å². The van der Waals surface area contributed by atoms with Crippen molar-refractivity contribution >= 4 is 5.91 Å². The van der Waals surface area contributed by atoms with E-state index in [2.05, 4.69) is 11.1 Å². The first kappa shape index (κ1) is 12.6. The fourth-order valence-electron chi connectivity index (χ4n) is 3.26. The maximum Gasteiger partial charge on any atom is 0.226 e. The van der Waals surface area contributed by atoms with E-state index in [9.17, 15) is 4.79 Å². The number of carbonyl (C=O) groups excluding carboxylic acids is 1. The van der Waals surface area contributed by atoms with Gasteiger partial charge in [0.2, 0.25) is 5.91 Å². The highest BCUT2D eigenvalue weighted by atomic mass is 16.2. The number of nitrogens with two attached hydrogens (primary N) is 1. The molecule has 1 aliphatic carbocycles. The minimum atomic E-state index is 0.141. The Labute approximate surface area is 114 Å². The first-order chi connectivity index (χ1) is 9.24. The van der Waals surface area contributed by atoms with Gasteiger partial charge in [-0.25, -0.2) is 0 Å². The molecule has 2 N–H and O–H groups in total. The second-order valence-corrected chi connectivity index (χ2v) is 5.74. The minimum absolute atomic E-state index is 0.141. The second-order valence-electron chi connectivity index (χ2n) is 5.74. The zero-order chi connectivity index (χ0) is 13.2. The maximum absolute atomic E-state index is 12.6. The molecule has 2 unspecified atom stereocenters. The zero-order valence-corrected chi connectivity index (χ0v) is 11.2. The largest absolute Gasteiger partial charge is 0.338 e. The summed E-state index contributed by atoms with van der Waals surface area (Å²) < 4.78 is 0. The van der Waals surface area contributed by atoms with Crippen LogP contribution >= 0.6 is 0 Å². The van der Waals surface area contributed by atoms with Crippen LogP contribution in [0.15, 0.2) is 18.3 Å². The van der Waals surface area contributed by atoms with Gasteiger partial charge in [-0.3, -0.25) is 9.78 Å². The molecule has 2 heterocycles. The molecule has 2 aliphatic rings. The van der Waals surface area contributed by atoms with E-state index in [-0.39, 0.29) is 12.0 Å². The van der Waals surface area contributed by atoms with Gasteiger partial charge < -0.3 is 10.6 Å². The molecule has 0 bridgehead atoms. The Morgan fingerprint density at radius 3 is 3.16 bits per heavy atom. The van der Waals surface area contributed by atoms with E-state index in [4.69, 9.17) is 5.73 Å². The molecular formula is C15H21N3O. The molecule has 4 heteroatoms. The van der Waals surface area contributed by atoms with Crippen molar-refractivity contribution in [3.63, 3.8) is 0 Å². The van der Waals surface area contributed by atoms with Gasteiger partial charge in [-0.1, -0.05) is 12.5 Å². The number of aromatic nitrogens is 1. The van der Waals surface area contributed by atoms with E-state index in [1.54, 1.807) is 0 Å². The van der Waals surface area contributed by atoms with Gasteiger partial charge in [0.15, 0.2) is 0 Å². The summed E-state index contributed by atoms with van der Waals surface area (Å²) >= 11 is 0. The van der Waals surface area contributed by atoms with E-state index >= 15 is 0 Å². The molecule has 102 valence electrons. The molecule has 0 saturated heterocycles. The average molecular weight is 259 g/mol. The Hall–Kier alpha value is -1.42. The SMILES string of the molecule is NC1CCCC(C(=O)N2CCc3ncccc3C2)C1. The van der Waals surface area contributed by atoms with Gasteiger partial charge >= 0.3 is 0 Å². The second kappa shape index (κ2) is 5.29. The number of fused-ring (bicyclic) bond motifs is 1. The van der Waals surface area contributed by atoms with Crippen molar-refractivity contribution in [2.75, 3.05) is 6.54 Å². The monoisotopic (exact) mass is 259 g/mol. The molecule has 4 nitrogen and oxygen atoms in total. The smallest absolute Gasteiger partial charge is 0.226 e. The summed E-state index contributed by atoms with van der Waals surface area (Å²) in [6, 6.07) is 4.24. The van der Waals surface area contributed by atoms with Gasteiger partial charge in [0, 0.05) is 43.4 Å². The highest BCUT2D eigenvalue weighted by molar-refractivity contribution is 5.79. The molecule has 0 spiro atoms. The van der Waals surface area contributed by atoms with Gasteiger partial charge in [-0.15, -0.1) is 0 Å². The van der Waals surface area contributed by atoms with Crippen LogP contribution in [0.1, 0.15) is 36.9 Å². The lowest BCUT2D eigenvalue weighted by molar-refractivity contribution is -0.137. The van der Waals surface area contributed by atoms with Crippen molar-refractivity contribution in [3.05, 3.63) is 29.6 Å². The van der Waals surface area contributed by atoms with Crippen LogP contribution in [-0.4, -0.2) is 28.4 Å². The number of amides is 1. The molecule has 1 saturated carbocycles. The molecule has 19 heavy (non-hydrogen) atoms. The Bertz CT molecular complexity index is 474. The minimum Gasteiger partial charge on any atom is -0.338 e. The van der Waals surface area contributed by atoms with Gasteiger partial charge in [0.1, 0.15) is 0 Å². The first-order valence-electron chi connectivity index (χ1n) is 7.21. The summed E-state index contributed by atoms with van der Waals surface area (Å²) in [7, 11) is 0. The summed E-state index contributed by atoms with van der Waals surface area (Å²) in [5.74, 6) is 0.437. The third-order valence-electron chi connectivity index (χ3n) is 4.34. The maximum atomic E-state index is 12.6. The third kappa shape index (κ3) is 2.63. The number of hydrogen-bond acceptors (Lipinski definition) is 3. The van der Waals surface area contributed by atoms with Crippen molar-refractivity contribution < 1.29 is 4.79 Å². The molecule has 1 aromatic heterocycles. The van der Waals surface area contributed by atoms with Gasteiger partial charge in [0.25, 0.3) is 0 Å². The van der Waals surface area contributed by atoms with Gasteiger partial charge in [-0.05, 0) is 30.9 Å². The Morgan fingerprint density at radius 2 is 2.32 bits per heavy atom. The number of hydrogen-bond donors (Lipinski definition) is 1. The lowest BCUT2D eigenvalue weighted by atomic mass is 9.85. The number of nitrogens with zero attached hydrogens (tertiary/aromatic N) is 2. The molecule has 3 rings (SSSR count). The van der Waals surface area contributed by atoms with E-state index in [1.165, 1.54) is 5.56 Å². The van der Waals surface area contributed by atoms with Crippen molar-refractivity contribution in [3.8, 4) is 0 Å². The normalized spacial score (nSPS) is 26.9. The fourth-order valence-corrected chi connectivity index (χ4v) is 3.26. The van der Waals surface area contributed by atoms with Crippen LogP contribution < -0.4 is 5.73 Å². The predicted octanol–water partition coefficient (Wildman–Crippen LogP) is 1.48. The van der Waals surface area contributed by atoms with Crippen LogP contribution in [0.5, 0.6) is 0 Å². The summed E-state index contributed by atoms with van der Waals surface area (Å²) in [4.78, 5) is 18.9. The fraction of sp³-hybridized carbons (Fsp3) is 0.600. The quantitative estimate of drug-likeness (QED) is 0.831. The summed E-state index contributed by atoms with van der Waals surface area (Å²) in [5, 5.41) is 0. The van der Waals surface area contributed by atoms with Crippen molar-refractivity contribution in [1.82, 2.24) is 9.88 Å². The summed E-state index contributed by atoms with van der Waals surface area (Å²) in [5.41, 5.74) is 8.33. The topological polar surface area (TPSA) is 59.2 Å². The van der Waals surface area contributed by atoms with Crippen LogP contribution in [-0.2, 0) is 17.8 Å². The predicted molar refractivity (Wildman–Crippen MR) is 73.3 cm³/mol. The number of pyridine rings is 1. The third-order valence-corrected chi connectivity index (χ3v) is 4.34. The molecule has 1 fully saturated rings. The van der Waals surface area contributed by atoms with Crippen molar-refractivity contribution in [1.29, 1.82) is 0 Å². The van der Waals surface area contributed by atoms with E-state index < -0.39 is 0 Å². The molecule has 2 atom stereocenters. The molecule has 0 aromatic carbocycles. The molecule has 1 aromatic rings. The lowest BCUT2D eigenvalue weighted by Gasteiger charge is -2.34. The van der Waals surface area contributed by atoms with Gasteiger partial charge in [0.05, 0.1) is 0 Å². The zero-order valence-electron chi connectivity index (χ0n) is 11.2. The van der Waals surface area contributed by atoms with Crippen LogP contribution in [0.3, 0.4) is 0 Å². The van der Waals surface area contributed by atoms with Crippen LogP contribution in [0.2, 0.25) is 0 Å². The standard InChI is InChI=1S/C15H21N3O/c16-13-5-1-3-11(9-13)15(19)18-8-6-14-12(10-18)4-2-7-17-14/h2,4,7,11,13H,1,3,5-6,8-10,16H2. The lowest BCUT2D eigenvalue weighted by Crippen LogP contribution is -2.43. The van der Waals surface area contributed by atoms with Crippen molar-refractivity contribution in [2.45, 2.75) is 44.7 Å².